The molecule has 3 N–H and O–H groups in total. The van der Waals surface area contributed by atoms with Crippen LogP contribution in [0.3, 0.4) is 0 Å². The molecular formula is C18H23N3O3S. The van der Waals surface area contributed by atoms with Crippen LogP contribution in [0, 0.1) is 0 Å². The third kappa shape index (κ3) is 4.78. The monoisotopic (exact) mass is 361 g/mol. The van der Waals surface area contributed by atoms with Crippen LogP contribution in [0.4, 0.5) is 0 Å². The second-order valence-corrected chi connectivity index (χ2v) is 8.02. The van der Waals surface area contributed by atoms with E-state index in [1.54, 1.807) is 18.2 Å². The van der Waals surface area contributed by atoms with Crippen molar-refractivity contribution >= 4 is 26.7 Å². The minimum atomic E-state index is -3.62. The van der Waals surface area contributed by atoms with E-state index in [4.69, 9.17) is 0 Å². The van der Waals surface area contributed by atoms with Crippen LogP contribution >= 0.6 is 0 Å². The average molecular weight is 361 g/mol. The second-order valence-electron chi connectivity index (χ2n) is 6.25. The molecule has 6 nitrogen and oxygen atoms in total. The number of hydrogen-bond acceptors (Lipinski definition) is 4. The van der Waals surface area contributed by atoms with E-state index in [1.807, 2.05) is 24.3 Å². The van der Waals surface area contributed by atoms with Gasteiger partial charge >= 0.3 is 0 Å². The molecule has 3 rings (SSSR count). The maximum atomic E-state index is 12.4. The van der Waals surface area contributed by atoms with Crippen LogP contribution in [0.5, 0.6) is 0 Å². The van der Waals surface area contributed by atoms with Crippen LogP contribution in [-0.2, 0) is 14.8 Å². The van der Waals surface area contributed by atoms with Crippen molar-refractivity contribution in [3.8, 4) is 0 Å². The number of fused-ring (bicyclic) bond motifs is 1. The average Bonchev–Trinajstić information content (AvgIpc) is 2.62. The molecule has 1 fully saturated rings. The molecule has 0 bridgehead atoms. The van der Waals surface area contributed by atoms with Gasteiger partial charge in [-0.25, -0.2) is 13.1 Å². The number of benzene rings is 2. The highest BCUT2D eigenvalue weighted by molar-refractivity contribution is 7.89. The molecule has 0 spiro atoms. The first kappa shape index (κ1) is 17.8. The minimum absolute atomic E-state index is 0.0892. The highest BCUT2D eigenvalue weighted by Gasteiger charge is 2.17. The van der Waals surface area contributed by atoms with Crippen molar-refractivity contribution < 1.29 is 13.2 Å². The molecule has 0 saturated carbocycles. The largest absolute Gasteiger partial charge is 0.353 e. The molecule has 1 amide bonds. The van der Waals surface area contributed by atoms with E-state index < -0.39 is 10.0 Å². The maximum absolute atomic E-state index is 12.4. The predicted molar refractivity (Wildman–Crippen MR) is 97.8 cm³/mol. The van der Waals surface area contributed by atoms with Gasteiger partial charge in [0, 0.05) is 19.0 Å². The number of piperidine rings is 1. The fourth-order valence-electron chi connectivity index (χ4n) is 2.98. The Hall–Kier alpha value is -1.96. The molecule has 2 aromatic rings. The van der Waals surface area contributed by atoms with E-state index >= 15 is 0 Å². The number of carbonyl (C=O) groups excluding carboxylic acids is 1. The van der Waals surface area contributed by atoms with Gasteiger partial charge in [-0.2, -0.15) is 0 Å². The number of sulfonamides is 1. The summed E-state index contributed by atoms with van der Waals surface area (Å²) in [7, 11) is -3.62. The summed E-state index contributed by atoms with van der Waals surface area (Å²) in [6.45, 7) is 1.89. The van der Waals surface area contributed by atoms with Crippen LogP contribution < -0.4 is 15.4 Å². The SMILES string of the molecule is O=C(CCNS(=O)(=O)c1ccc2ccccc2c1)NC1CCNCC1. The van der Waals surface area contributed by atoms with Gasteiger partial charge in [0.15, 0.2) is 0 Å². The molecular weight excluding hydrogens is 338 g/mol. The molecule has 134 valence electrons. The van der Waals surface area contributed by atoms with Crippen molar-refractivity contribution in [2.75, 3.05) is 19.6 Å². The van der Waals surface area contributed by atoms with E-state index in [9.17, 15) is 13.2 Å². The molecule has 0 radical (unpaired) electrons. The fourth-order valence-corrected chi connectivity index (χ4v) is 4.05. The number of carbonyl (C=O) groups is 1. The van der Waals surface area contributed by atoms with E-state index in [-0.39, 0.29) is 29.8 Å². The smallest absolute Gasteiger partial charge is 0.240 e. The van der Waals surface area contributed by atoms with Crippen LogP contribution in [-0.4, -0.2) is 40.0 Å². The second kappa shape index (κ2) is 7.95. The summed E-state index contributed by atoms with van der Waals surface area (Å²) in [4.78, 5) is 12.2. The summed E-state index contributed by atoms with van der Waals surface area (Å²) in [5.41, 5.74) is 0. The molecule has 2 aromatic carbocycles. The Balaban J connectivity index is 1.54. The minimum Gasteiger partial charge on any atom is -0.353 e. The predicted octanol–water partition coefficient (Wildman–Crippen LogP) is 1.38. The first-order valence-corrected chi connectivity index (χ1v) is 10.0. The van der Waals surface area contributed by atoms with Crippen molar-refractivity contribution in [3.05, 3.63) is 42.5 Å². The van der Waals surface area contributed by atoms with Gasteiger partial charge in [0.25, 0.3) is 0 Å². The van der Waals surface area contributed by atoms with E-state index in [2.05, 4.69) is 15.4 Å². The van der Waals surface area contributed by atoms with Gasteiger partial charge in [-0.1, -0.05) is 30.3 Å². The number of hydrogen-bond donors (Lipinski definition) is 3. The maximum Gasteiger partial charge on any atom is 0.240 e. The third-order valence-electron chi connectivity index (χ3n) is 4.38. The van der Waals surface area contributed by atoms with Gasteiger partial charge in [-0.15, -0.1) is 0 Å². The topological polar surface area (TPSA) is 87.3 Å². The Morgan fingerprint density at radius 3 is 2.56 bits per heavy atom. The normalized spacial score (nSPS) is 16.0. The molecule has 0 unspecified atom stereocenters. The molecule has 7 heteroatoms. The quantitative estimate of drug-likeness (QED) is 0.725. The highest BCUT2D eigenvalue weighted by Crippen LogP contribution is 2.18. The van der Waals surface area contributed by atoms with Gasteiger partial charge < -0.3 is 10.6 Å². The van der Waals surface area contributed by atoms with Crippen molar-refractivity contribution in [1.29, 1.82) is 0 Å². The van der Waals surface area contributed by atoms with Gasteiger partial charge in [-0.05, 0) is 48.8 Å². The molecule has 0 aromatic heterocycles. The first-order valence-electron chi connectivity index (χ1n) is 8.53. The molecule has 1 aliphatic heterocycles. The van der Waals surface area contributed by atoms with Crippen molar-refractivity contribution in [1.82, 2.24) is 15.4 Å². The summed E-state index contributed by atoms with van der Waals surface area (Å²) in [6.07, 6.45) is 1.96. The summed E-state index contributed by atoms with van der Waals surface area (Å²) >= 11 is 0. The zero-order chi connectivity index (χ0) is 17.7. The van der Waals surface area contributed by atoms with Crippen molar-refractivity contribution in [2.24, 2.45) is 0 Å². The Labute approximate surface area is 148 Å². The number of rotatable bonds is 6. The van der Waals surface area contributed by atoms with Crippen LogP contribution in [0.2, 0.25) is 0 Å². The van der Waals surface area contributed by atoms with E-state index in [0.29, 0.717) is 0 Å². The lowest BCUT2D eigenvalue weighted by Gasteiger charge is -2.23. The van der Waals surface area contributed by atoms with Crippen LogP contribution in [0.25, 0.3) is 10.8 Å². The molecule has 25 heavy (non-hydrogen) atoms. The number of nitrogens with one attached hydrogen (secondary N) is 3. The number of amides is 1. The third-order valence-corrected chi connectivity index (χ3v) is 5.84. The van der Waals surface area contributed by atoms with Gasteiger partial charge in [0.1, 0.15) is 0 Å². The molecule has 1 saturated heterocycles. The van der Waals surface area contributed by atoms with Gasteiger partial charge in [0.05, 0.1) is 4.90 Å². The zero-order valence-corrected chi connectivity index (χ0v) is 14.8. The lowest BCUT2D eigenvalue weighted by atomic mass is 10.1. The molecule has 0 atom stereocenters. The lowest BCUT2D eigenvalue weighted by molar-refractivity contribution is -0.121. The molecule has 0 aliphatic carbocycles. The van der Waals surface area contributed by atoms with Crippen LogP contribution in [0.1, 0.15) is 19.3 Å². The standard InChI is InChI=1S/C18H23N3O3S/c22-18(21-16-7-10-19-11-8-16)9-12-20-25(23,24)17-6-5-14-3-1-2-4-15(14)13-17/h1-6,13,16,19-20H,7-12H2,(H,21,22). The van der Waals surface area contributed by atoms with Crippen LogP contribution in [0.15, 0.2) is 47.4 Å². The molecule has 1 heterocycles. The summed E-state index contributed by atoms with van der Waals surface area (Å²) in [5.74, 6) is -0.117. The zero-order valence-electron chi connectivity index (χ0n) is 14.0. The Morgan fingerprint density at radius 1 is 1.08 bits per heavy atom. The Morgan fingerprint density at radius 2 is 1.80 bits per heavy atom. The Bertz CT molecular complexity index is 846. The summed E-state index contributed by atoms with van der Waals surface area (Å²) in [5, 5.41) is 8.05. The van der Waals surface area contributed by atoms with Crippen molar-refractivity contribution in [2.45, 2.75) is 30.2 Å². The summed E-state index contributed by atoms with van der Waals surface area (Å²) in [6, 6.07) is 12.8. The van der Waals surface area contributed by atoms with Gasteiger partial charge in [0.2, 0.25) is 15.9 Å². The van der Waals surface area contributed by atoms with E-state index in [0.717, 1.165) is 36.7 Å². The summed E-state index contributed by atoms with van der Waals surface area (Å²) < 4.78 is 27.3. The fraction of sp³-hybridized carbons (Fsp3) is 0.389. The lowest BCUT2D eigenvalue weighted by Crippen LogP contribution is -2.43. The molecule has 1 aliphatic rings. The van der Waals surface area contributed by atoms with Gasteiger partial charge in [-0.3, -0.25) is 4.79 Å². The van der Waals surface area contributed by atoms with Crippen molar-refractivity contribution in [3.63, 3.8) is 0 Å². The first-order chi connectivity index (χ1) is 12.0. The van der Waals surface area contributed by atoms with E-state index in [1.165, 1.54) is 0 Å². The Kier molecular flexibility index (Phi) is 5.67. The highest BCUT2D eigenvalue weighted by atomic mass is 32.2.